The van der Waals surface area contributed by atoms with Crippen molar-refractivity contribution in [1.29, 1.82) is 0 Å². The fourth-order valence-electron chi connectivity index (χ4n) is 1.44. The number of benzene rings is 1. The highest BCUT2D eigenvalue weighted by atomic mass is 35.5. The first kappa shape index (κ1) is 15.2. The van der Waals surface area contributed by atoms with Gasteiger partial charge in [-0.1, -0.05) is 35.3 Å². The summed E-state index contributed by atoms with van der Waals surface area (Å²) in [4.78, 5) is 27.2. The number of pyridine rings is 1. The highest BCUT2D eigenvalue weighted by Gasteiger charge is 2.13. The van der Waals surface area contributed by atoms with Crippen LogP contribution in [0.3, 0.4) is 0 Å². The monoisotopic (exact) mass is 327 g/mol. The van der Waals surface area contributed by atoms with E-state index in [1.165, 1.54) is 30.5 Å². The van der Waals surface area contributed by atoms with Crippen LogP contribution in [-0.4, -0.2) is 16.8 Å². The molecule has 0 fully saturated rings. The van der Waals surface area contributed by atoms with E-state index in [2.05, 4.69) is 15.8 Å². The number of carbonyl (C=O) groups excluding carboxylic acids is 2. The lowest BCUT2D eigenvalue weighted by molar-refractivity contribution is 0.0844. The molecule has 0 saturated heterocycles. The number of carbonyl (C=O) groups is 2. The van der Waals surface area contributed by atoms with Crippen LogP contribution >= 0.6 is 23.2 Å². The van der Waals surface area contributed by atoms with Gasteiger partial charge in [-0.2, -0.15) is 0 Å². The Labute approximate surface area is 129 Å². The van der Waals surface area contributed by atoms with Crippen molar-refractivity contribution >= 4 is 35.0 Å². The predicted octanol–water partition coefficient (Wildman–Crippen LogP) is 2.60. The van der Waals surface area contributed by atoms with Gasteiger partial charge in [0.05, 0.1) is 16.1 Å². The summed E-state index contributed by atoms with van der Waals surface area (Å²) < 4.78 is 13.4. The van der Waals surface area contributed by atoms with Crippen LogP contribution in [0.15, 0.2) is 36.5 Å². The molecular formula is C13H8Cl2FN3O2. The van der Waals surface area contributed by atoms with Crippen molar-refractivity contribution in [2.45, 2.75) is 0 Å². The molecule has 2 aromatic rings. The molecule has 0 spiro atoms. The quantitative estimate of drug-likeness (QED) is 0.658. The van der Waals surface area contributed by atoms with Crippen LogP contribution < -0.4 is 10.9 Å². The summed E-state index contributed by atoms with van der Waals surface area (Å²) in [6.07, 6.45) is 1.19. The highest BCUT2D eigenvalue weighted by Crippen LogP contribution is 2.19. The molecule has 2 amide bonds. The van der Waals surface area contributed by atoms with Gasteiger partial charge in [0, 0.05) is 6.20 Å². The van der Waals surface area contributed by atoms with E-state index in [9.17, 15) is 14.0 Å². The molecule has 0 unspecified atom stereocenters. The Hall–Kier alpha value is -2.18. The minimum absolute atomic E-state index is 0.0589. The molecule has 0 aliphatic heterocycles. The first-order valence-corrected chi connectivity index (χ1v) is 6.41. The molecule has 1 heterocycles. The zero-order valence-electron chi connectivity index (χ0n) is 10.4. The second-order valence-electron chi connectivity index (χ2n) is 3.88. The molecular weight excluding hydrogens is 320 g/mol. The Morgan fingerprint density at radius 2 is 1.76 bits per heavy atom. The smallest absolute Gasteiger partial charge is 0.267 e. The van der Waals surface area contributed by atoms with Gasteiger partial charge in [0.2, 0.25) is 0 Å². The Bertz CT molecular complexity index is 710. The van der Waals surface area contributed by atoms with Crippen molar-refractivity contribution in [2.75, 3.05) is 0 Å². The van der Waals surface area contributed by atoms with Crippen molar-refractivity contribution < 1.29 is 14.0 Å². The van der Waals surface area contributed by atoms with E-state index in [0.29, 0.717) is 0 Å². The third-order valence-corrected chi connectivity index (χ3v) is 3.15. The Balaban J connectivity index is 2.02. The minimum Gasteiger partial charge on any atom is -0.267 e. The van der Waals surface area contributed by atoms with Crippen LogP contribution in [0.4, 0.5) is 4.39 Å². The largest absolute Gasteiger partial charge is 0.272 e. The topological polar surface area (TPSA) is 71.1 Å². The second-order valence-corrected chi connectivity index (χ2v) is 4.65. The Morgan fingerprint density at radius 3 is 2.43 bits per heavy atom. The molecule has 1 aromatic heterocycles. The first-order valence-electron chi connectivity index (χ1n) is 5.65. The molecule has 0 aliphatic rings. The summed E-state index contributed by atoms with van der Waals surface area (Å²) in [6.45, 7) is 0. The Morgan fingerprint density at radius 1 is 1.10 bits per heavy atom. The average molecular weight is 328 g/mol. The molecule has 1 aromatic carbocycles. The molecule has 0 bridgehead atoms. The van der Waals surface area contributed by atoms with Gasteiger partial charge >= 0.3 is 0 Å². The van der Waals surface area contributed by atoms with E-state index in [1.54, 1.807) is 0 Å². The summed E-state index contributed by atoms with van der Waals surface area (Å²) >= 11 is 11.4. The number of amides is 2. The first-order chi connectivity index (χ1) is 9.99. The van der Waals surface area contributed by atoms with E-state index in [0.717, 1.165) is 6.07 Å². The number of hydrogen-bond acceptors (Lipinski definition) is 3. The van der Waals surface area contributed by atoms with E-state index in [-0.39, 0.29) is 21.3 Å². The van der Waals surface area contributed by atoms with E-state index < -0.39 is 17.6 Å². The van der Waals surface area contributed by atoms with E-state index >= 15 is 0 Å². The number of aromatic nitrogens is 1. The summed E-state index contributed by atoms with van der Waals surface area (Å²) in [5, 5.41) is 0.161. The summed E-state index contributed by atoms with van der Waals surface area (Å²) in [6, 6.07) is 6.67. The van der Waals surface area contributed by atoms with Gasteiger partial charge in [-0.05, 0) is 18.2 Å². The lowest BCUT2D eigenvalue weighted by atomic mass is 10.2. The van der Waals surface area contributed by atoms with Crippen molar-refractivity contribution in [1.82, 2.24) is 15.8 Å². The summed E-state index contributed by atoms with van der Waals surface area (Å²) in [5.74, 6) is -2.14. The number of nitrogens with one attached hydrogen (secondary N) is 2. The number of hydrazine groups is 1. The van der Waals surface area contributed by atoms with Gasteiger partial charge in [0.15, 0.2) is 0 Å². The maximum Gasteiger partial charge on any atom is 0.272 e. The van der Waals surface area contributed by atoms with Crippen molar-refractivity contribution in [2.24, 2.45) is 0 Å². The lowest BCUT2D eigenvalue weighted by Crippen LogP contribution is -2.42. The van der Waals surface area contributed by atoms with E-state index in [4.69, 9.17) is 23.2 Å². The number of halogens is 3. The van der Waals surface area contributed by atoms with Crippen LogP contribution in [0.5, 0.6) is 0 Å². The third-order valence-electron chi connectivity index (χ3n) is 2.47. The van der Waals surface area contributed by atoms with Crippen LogP contribution in [0.1, 0.15) is 20.7 Å². The Kier molecular flexibility index (Phi) is 4.72. The molecule has 21 heavy (non-hydrogen) atoms. The van der Waals surface area contributed by atoms with Crippen LogP contribution in [0.25, 0.3) is 0 Å². The number of nitrogens with zero attached hydrogens (tertiary/aromatic N) is 1. The maximum atomic E-state index is 13.4. The standard InChI is InChI=1S/C13H8Cl2FN3O2/c14-9-5-7(6-17-11(9)15)12(20)18-19-13(21)8-3-1-2-4-10(8)16/h1-6H,(H,18,20)(H,19,21). The van der Waals surface area contributed by atoms with Crippen molar-refractivity contribution in [3.63, 3.8) is 0 Å². The number of rotatable bonds is 2. The predicted molar refractivity (Wildman–Crippen MR) is 75.6 cm³/mol. The summed E-state index contributed by atoms with van der Waals surface area (Å²) in [7, 11) is 0. The van der Waals surface area contributed by atoms with Gasteiger partial charge in [-0.25, -0.2) is 9.37 Å². The van der Waals surface area contributed by atoms with Crippen LogP contribution in [0, 0.1) is 5.82 Å². The highest BCUT2D eigenvalue weighted by molar-refractivity contribution is 6.41. The number of hydrogen-bond donors (Lipinski definition) is 2. The summed E-state index contributed by atoms with van der Waals surface area (Å²) in [5.41, 5.74) is 4.12. The van der Waals surface area contributed by atoms with Gasteiger partial charge < -0.3 is 0 Å². The van der Waals surface area contributed by atoms with Crippen molar-refractivity contribution in [3.05, 3.63) is 63.6 Å². The van der Waals surface area contributed by atoms with Gasteiger partial charge in [0.1, 0.15) is 11.0 Å². The molecule has 2 N–H and O–H groups in total. The fourth-order valence-corrected chi connectivity index (χ4v) is 1.71. The van der Waals surface area contributed by atoms with Crippen molar-refractivity contribution in [3.8, 4) is 0 Å². The molecule has 108 valence electrons. The molecule has 0 atom stereocenters. The average Bonchev–Trinajstić information content (AvgIpc) is 2.47. The molecule has 8 heteroatoms. The van der Waals surface area contributed by atoms with E-state index in [1.807, 2.05) is 0 Å². The van der Waals surface area contributed by atoms with Gasteiger partial charge in [0.25, 0.3) is 11.8 Å². The van der Waals surface area contributed by atoms with Crippen LogP contribution in [-0.2, 0) is 0 Å². The van der Waals surface area contributed by atoms with Gasteiger partial charge in [-0.3, -0.25) is 20.4 Å². The molecule has 0 aliphatic carbocycles. The SMILES string of the molecule is O=C(NNC(=O)c1ccccc1F)c1cnc(Cl)c(Cl)c1. The zero-order valence-corrected chi connectivity index (χ0v) is 11.9. The normalized spacial score (nSPS) is 10.0. The fraction of sp³-hybridized carbons (Fsp3) is 0. The van der Waals surface area contributed by atoms with Gasteiger partial charge in [-0.15, -0.1) is 0 Å². The lowest BCUT2D eigenvalue weighted by Gasteiger charge is -2.08. The molecule has 0 saturated carbocycles. The molecule has 5 nitrogen and oxygen atoms in total. The second kappa shape index (κ2) is 6.51. The van der Waals surface area contributed by atoms with Crippen LogP contribution in [0.2, 0.25) is 10.2 Å². The minimum atomic E-state index is -0.783. The molecule has 2 rings (SSSR count). The third kappa shape index (κ3) is 3.68. The molecule has 0 radical (unpaired) electrons. The maximum absolute atomic E-state index is 13.4. The zero-order chi connectivity index (χ0) is 15.4.